The van der Waals surface area contributed by atoms with Crippen molar-refractivity contribution in [3.8, 4) is 0 Å². The van der Waals surface area contributed by atoms with Gasteiger partial charge in [0.1, 0.15) is 60.4 Å². The lowest BCUT2D eigenvalue weighted by atomic mass is 9.99. The number of hydrogen-bond acceptors (Lipinski definition) is 18. The molecule has 1 heterocycles. The Morgan fingerprint density at radius 2 is 0.907 bits per heavy atom. The molecule has 504 valence electrons. The number of amides is 11. The molecule has 0 aromatic heterocycles. The van der Waals surface area contributed by atoms with Gasteiger partial charge in [0.25, 0.3) is 0 Å². The molecule has 1 saturated heterocycles. The van der Waals surface area contributed by atoms with E-state index in [9.17, 15) is 63.0 Å². The summed E-state index contributed by atoms with van der Waals surface area (Å²) < 4.78 is 0. The molecule has 12 atom stereocenters. The minimum absolute atomic E-state index is 0. The molecular formula is C52H103Cl5N16O13. The van der Waals surface area contributed by atoms with Crippen LogP contribution in [0.5, 0.6) is 0 Å². The molecule has 0 spiro atoms. The molecule has 1 fully saturated rings. The lowest BCUT2D eigenvalue weighted by Gasteiger charge is -2.29. The van der Waals surface area contributed by atoms with Gasteiger partial charge in [0.15, 0.2) is 0 Å². The number of carbonyl (C=O) groups excluding carboxylic acids is 11. The molecular weight excluding hydrogens is 1230 g/mol. The standard InChI is InChI=1S/C52H98N16O13.5ClH/c1-8-9-10-11-12-13-40(71)59-32(14-20-53)47(76)68-42(31(7)70)52(81)64-35(17-23-56)44(73)63-37-19-25-58-51(80)41(30(6)69)67-48(77)36(18-24-57)61-43(72)33(15-21-54)62-49(78)38(26-28(2)3)66-50(79)39(27-29(4)5)65-45(74)34(16-22-55)60-46(37)75;;;;;/h28-39,41-42,69-70H,8-27,53-57H2,1-7H3,(H,58,80)(H,59,71)(H,60,75)(H,61,72)(H,62,78)(H,63,73)(H,64,81)(H,65,74)(H,66,79)(H,67,77)(H,68,76);5*1H/t30-,31-,32-,33+,34+,35+,36+,37+,38+,39-,41+,42+;;;;;/m1...../s1. The van der Waals surface area contributed by atoms with Crippen LogP contribution < -0.4 is 87.2 Å². The van der Waals surface area contributed by atoms with Gasteiger partial charge < -0.3 is 97.4 Å². The van der Waals surface area contributed by atoms with Crippen molar-refractivity contribution in [3.63, 3.8) is 0 Å². The van der Waals surface area contributed by atoms with Gasteiger partial charge in [0, 0.05) is 13.0 Å². The van der Waals surface area contributed by atoms with Gasteiger partial charge in [-0.05, 0) is 116 Å². The van der Waals surface area contributed by atoms with E-state index >= 15 is 0 Å². The Bertz CT molecular complexity index is 2060. The largest absolute Gasteiger partial charge is 0.391 e. The molecule has 1 rings (SSSR count). The van der Waals surface area contributed by atoms with Crippen molar-refractivity contribution in [2.24, 2.45) is 40.5 Å². The van der Waals surface area contributed by atoms with Gasteiger partial charge in [-0.1, -0.05) is 60.3 Å². The second-order valence-corrected chi connectivity index (χ2v) is 21.4. The number of nitrogens with two attached hydrogens (primary N) is 5. The summed E-state index contributed by atoms with van der Waals surface area (Å²) in [6, 6.07) is -14.5. The Balaban J connectivity index is -0.00000437. The molecule has 29 nitrogen and oxygen atoms in total. The first-order chi connectivity index (χ1) is 38.3. The number of rotatable bonds is 29. The minimum atomic E-state index is -1.69. The van der Waals surface area contributed by atoms with Crippen LogP contribution in [-0.4, -0.2) is 187 Å². The molecule has 34 heteroatoms. The van der Waals surface area contributed by atoms with E-state index in [0.29, 0.717) is 6.42 Å². The highest BCUT2D eigenvalue weighted by atomic mass is 35.5. The maximum absolute atomic E-state index is 14.4. The topological polar surface area (TPSA) is 491 Å². The maximum atomic E-state index is 14.4. The summed E-state index contributed by atoms with van der Waals surface area (Å²) in [6.45, 7) is 10.5. The van der Waals surface area contributed by atoms with Gasteiger partial charge >= 0.3 is 0 Å². The van der Waals surface area contributed by atoms with Crippen LogP contribution in [-0.2, 0) is 52.7 Å². The fourth-order valence-electron chi connectivity index (χ4n) is 8.67. The third-order valence-electron chi connectivity index (χ3n) is 13.1. The highest BCUT2D eigenvalue weighted by molar-refractivity contribution is 5.99. The highest BCUT2D eigenvalue weighted by Crippen LogP contribution is 2.12. The van der Waals surface area contributed by atoms with E-state index in [2.05, 4.69) is 65.4 Å². The van der Waals surface area contributed by atoms with E-state index in [0.717, 1.165) is 25.7 Å². The van der Waals surface area contributed by atoms with Gasteiger partial charge in [-0.15, -0.1) is 62.0 Å². The van der Waals surface area contributed by atoms with Gasteiger partial charge in [-0.25, -0.2) is 0 Å². The Kier molecular flexibility index (Phi) is 51.6. The van der Waals surface area contributed by atoms with Crippen LogP contribution in [0.25, 0.3) is 0 Å². The fraction of sp³-hybridized carbons (Fsp3) is 0.788. The summed E-state index contributed by atoms with van der Waals surface area (Å²) in [5.41, 5.74) is 29.2. The lowest BCUT2D eigenvalue weighted by Crippen LogP contribution is -2.62. The van der Waals surface area contributed by atoms with Crippen LogP contribution in [0.1, 0.15) is 138 Å². The first kappa shape index (κ1) is 90.1. The van der Waals surface area contributed by atoms with E-state index in [4.69, 9.17) is 28.7 Å². The minimum Gasteiger partial charge on any atom is -0.391 e. The van der Waals surface area contributed by atoms with E-state index in [1.54, 1.807) is 27.7 Å². The summed E-state index contributed by atoms with van der Waals surface area (Å²) in [7, 11) is 0. The van der Waals surface area contributed by atoms with Crippen molar-refractivity contribution in [1.82, 2.24) is 58.5 Å². The zero-order chi connectivity index (χ0) is 61.4. The molecule has 0 aromatic rings. The Hall–Kier alpha value is -4.66. The molecule has 1 aliphatic heterocycles. The summed E-state index contributed by atoms with van der Waals surface area (Å²) >= 11 is 0. The molecule has 0 unspecified atom stereocenters. The van der Waals surface area contributed by atoms with Gasteiger partial charge in [-0.2, -0.15) is 0 Å². The van der Waals surface area contributed by atoms with Crippen molar-refractivity contribution < 1.29 is 63.0 Å². The van der Waals surface area contributed by atoms with Crippen LogP contribution in [0.15, 0.2) is 0 Å². The average molecular weight is 1340 g/mol. The third kappa shape index (κ3) is 34.2. The smallest absolute Gasteiger partial charge is 0.245 e. The molecule has 23 N–H and O–H groups in total. The van der Waals surface area contributed by atoms with Gasteiger partial charge in [-0.3, -0.25) is 52.7 Å². The molecule has 0 aromatic carbocycles. The molecule has 86 heavy (non-hydrogen) atoms. The van der Waals surface area contributed by atoms with Crippen molar-refractivity contribution in [2.45, 2.75) is 211 Å². The zero-order valence-corrected chi connectivity index (χ0v) is 54.6. The molecule has 0 radical (unpaired) electrons. The van der Waals surface area contributed by atoms with Gasteiger partial charge in [0.2, 0.25) is 65.0 Å². The number of nitrogens with one attached hydrogen (secondary N) is 11. The van der Waals surface area contributed by atoms with E-state index in [1.807, 2.05) is 0 Å². The fourth-order valence-corrected chi connectivity index (χ4v) is 8.67. The Labute approximate surface area is 536 Å². The summed E-state index contributed by atoms with van der Waals surface area (Å²) in [5.74, 6) is -9.97. The molecule has 0 bridgehead atoms. The number of aliphatic hydroxyl groups excluding tert-OH is 2. The van der Waals surface area contributed by atoms with E-state index in [1.165, 1.54) is 13.8 Å². The monoisotopic (exact) mass is 1330 g/mol. The molecule has 1 aliphatic rings. The van der Waals surface area contributed by atoms with Crippen LogP contribution in [0.4, 0.5) is 0 Å². The number of unbranched alkanes of at least 4 members (excludes halogenated alkanes) is 4. The quantitative estimate of drug-likeness (QED) is 0.0322. The maximum Gasteiger partial charge on any atom is 0.245 e. The first-order valence-electron chi connectivity index (χ1n) is 28.5. The summed E-state index contributed by atoms with van der Waals surface area (Å²) in [6.07, 6.45) is 0.326. The van der Waals surface area contributed by atoms with Crippen LogP contribution in [0, 0.1) is 11.8 Å². The number of halogens is 5. The Morgan fingerprint density at radius 3 is 1.31 bits per heavy atom. The summed E-state index contributed by atoms with van der Waals surface area (Å²) in [4.78, 5) is 152. The third-order valence-corrected chi connectivity index (χ3v) is 13.1. The van der Waals surface area contributed by atoms with E-state index in [-0.39, 0.29) is 158 Å². The van der Waals surface area contributed by atoms with Crippen LogP contribution >= 0.6 is 62.0 Å². The van der Waals surface area contributed by atoms with Crippen LogP contribution in [0.2, 0.25) is 0 Å². The zero-order valence-electron chi connectivity index (χ0n) is 50.5. The Morgan fingerprint density at radius 1 is 0.500 bits per heavy atom. The average Bonchev–Trinajstić information content (AvgIpc) is 3.56. The summed E-state index contributed by atoms with van der Waals surface area (Å²) in [5, 5.41) is 49.5. The van der Waals surface area contributed by atoms with Crippen molar-refractivity contribution in [1.29, 1.82) is 0 Å². The normalized spacial score (nSPS) is 21.8. The predicted octanol–water partition coefficient (Wildman–Crippen LogP) is -3.58. The molecule has 0 saturated carbocycles. The predicted molar refractivity (Wildman–Crippen MR) is 337 cm³/mol. The first-order valence-corrected chi connectivity index (χ1v) is 28.5. The second-order valence-electron chi connectivity index (χ2n) is 21.4. The number of carbonyl (C=O) groups is 11. The highest BCUT2D eigenvalue weighted by Gasteiger charge is 2.37. The molecule has 11 amide bonds. The van der Waals surface area contributed by atoms with Crippen molar-refractivity contribution in [2.75, 3.05) is 39.3 Å². The number of aliphatic hydroxyl groups is 2. The number of hydrogen-bond donors (Lipinski definition) is 18. The lowest BCUT2D eigenvalue weighted by molar-refractivity contribution is -0.137. The molecule has 0 aliphatic carbocycles. The second kappa shape index (κ2) is 49.2. The van der Waals surface area contributed by atoms with Crippen molar-refractivity contribution >= 4 is 127 Å². The van der Waals surface area contributed by atoms with Gasteiger partial charge in [0.05, 0.1) is 12.2 Å². The van der Waals surface area contributed by atoms with Crippen molar-refractivity contribution in [3.05, 3.63) is 0 Å². The SMILES string of the molecule is CCCCCCCC(=O)N[C@H](CCN)C(=O)N[C@H](C(=O)N[C@@H](CCN)C(=O)N[C@H]1CCNC(=O)[C@H]([C@@H](C)O)NC(=O)[C@H](CCN)NC(=O)[C@H](CCN)NC(=O)[C@H](CC(C)C)NC(=O)[C@@H](CC(C)C)NC(=O)[C@H](CCN)NC1=O)[C@@H](C)O.Cl.Cl.Cl.Cl.Cl. The van der Waals surface area contributed by atoms with Crippen LogP contribution in [0.3, 0.4) is 0 Å². The van der Waals surface area contributed by atoms with E-state index < -0.39 is 151 Å².